The Morgan fingerprint density at radius 3 is 2.64 bits per heavy atom. The van der Waals surface area contributed by atoms with E-state index in [0.29, 0.717) is 29.6 Å². The molecular formula is C28H24ClN5O2. The monoisotopic (exact) mass is 497 g/mol. The minimum Gasteiger partial charge on any atom is -0.492 e. The molecule has 3 heterocycles. The highest BCUT2D eigenvalue weighted by atomic mass is 35.5. The maximum absolute atomic E-state index is 12.9. The predicted octanol–water partition coefficient (Wildman–Crippen LogP) is 4.17. The molecule has 1 aliphatic heterocycles. The first-order valence-electron chi connectivity index (χ1n) is 11.7. The zero-order valence-corrected chi connectivity index (χ0v) is 20.7. The van der Waals surface area contributed by atoms with Gasteiger partial charge in [0, 0.05) is 32.0 Å². The predicted molar refractivity (Wildman–Crippen MR) is 140 cm³/mol. The fourth-order valence-corrected chi connectivity index (χ4v) is 5.21. The molecule has 36 heavy (non-hydrogen) atoms. The van der Waals surface area contributed by atoms with Crippen LogP contribution in [0.1, 0.15) is 22.5 Å². The molecule has 6 rings (SSSR count). The lowest BCUT2D eigenvalue weighted by Gasteiger charge is -2.31. The van der Waals surface area contributed by atoms with Crippen molar-refractivity contribution in [2.24, 2.45) is 19.8 Å². The highest BCUT2D eigenvalue weighted by Crippen LogP contribution is 2.39. The van der Waals surface area contributed by atoms with Crippen molar-refractivity contribution in [2.75, 3.05) is 6.61 Å². The van der Waals surface area contributed by atoms with E-state index >= 15 is 0 Å². The van der Waals surface area contributed by atoms with E-state index < -0.39 is 5.54 Å². The van der Waals surface area contributed by atoms with E-state index in [1.165, 1.54) is 0 Å². The molecule has 3 aromatic carbocycles. The van der Waals surface area contributed by atoms with Gasteiger partial charge in [-0.15, -0.1) is 10.2 Å². The van der Waals surface area contributed by atoms with Gasteiger partial charge < -0.3 is 19.6 Å². The van der Waals surface area contributed by atoms with E-state index in [2.05, 4.69) is 22.3 Å². The van der Waals surface area contributed by atoms with E-state index in [0.717, 1.165) is 38.7 Å². The van der Waals surface area contributed by atoms with E-state index in [9.17, 15) is 4.79 Å². The molecule has 1 aliphatic rings. The van der Waals surface area contributed by atoms with E-state index in [1.54, 1.807) is 30.1 Å². The Bertz CT molecular complexity index is 1710. The highest BCUT2D eigenvalue weighted by Gasteiger charge is 2.37. The van der Waals surface area contributed by atoms with Crippen LogP contribution in [0.4, 0.5) is 0 Å². The Hall–Kier alpha value is -3.94. The van der Waals surface area contributed by atoms with Crippen LogP contribution in [0.15, 0.2) is 77.9 Å². The standard InChI is InChI=1S/C28H24ClN5O2/c1-33-16-31-32-27(33)28(30)19-7-9-24-22(13-19)21(15-26(35)34(24)2)18-5-3-4-17(12-18)10-11-36-25-14-20(28)6-8-23(25)29/h3-9,12-16H,10-11,30H2,1-2H3/t28-/m1/s1. The van der Waals surface area contributed by atoms with Gasteiger partial charge >= 0.3 is 0 Å². The van der Waals surface area contributed by atoms with Gasteiger partial charge in [-0.2, -0.15) is 0 Å². The van der Waals surface area contributed by atoms with Gasteiger partial charge in [-0.1, -0.05) is 48.0 Å². The lowest BCUT2D eigenvalue weighted by atomic mass is 9.81. The zero-order chi connectivity index (χ0) is 25.0. The average molecular weight is 498 g/mol. The van der Waals surface area contributed by atoms with Crippen LogP contribution < -0.4 is 16.0 Å². The van der Waals surface area contributed by atoms with Gasteiger partial charge in [0.25, 0.3) is 5.56 Å². The summed E-state index contributed by atoms with van der Waals surface area (Å²) in [5, 5.41) is 9.94. The number of nitrogens with two attached hydrogens (primary N) is 1. The number of benzene rings is 3. The van der Waals surface area contributed by atoms with Crippen molar-refractivity contribution >= 4 is 22.5 Å². The second-order valence-electron chi connectivity index (χ2n) is 9.20. The summed E-state index contributed by atoms with van der Waals surface area (Å²) in [5.41, 5.74) is 11.4. The van der Waals surface area contributed by atoms with Crippen LogP contribution in [0.3, 0.4) is 0 Å². The number of hydrogen-bond acceptors (Lipinski definition) is 5. The first kappa shape index (κ1) is 22.5. The van der Waals surface area contributed by atoms with Crippen LogP contribution in [0.5, 0.6) is 5.75 Å². The SMILES string of the molecule is Cn1cnnc1[C@]1(N)c2ccc(Cl)c(c2)OCCc2cccc(c2)-c2cc(=O)n(C)c3ccc1cc23. The number of pyridine rings is 1. The normalized spacial score (nSPS) is 17.1. The van der Waals surface area contributed by atoms with E-state index in [4.69, 9.17) is 22.1 Å². The van der Waals surface area contributed by atoms with Crippen molar-refractivity contribution in [3.8, 4) is 16.9 Å². The molecule has 5 aromatic rings. The second-order valence-corrected chi connectivity index (χ2v) is 9.61. The van der Waals surface area contributed by atoms with Crippen molar-refractivity contribution in [1.29, 1.82) is 0 Å². The minimum absolute atomic E-state index is 0.0743. The Morgan fingerprint density at radius 1 is 1.03 bits per heavy atom. The van der Waals surface area contributed by atoms with Crippen LogP contribution in [0, 0.1) is 0 Å². The topological polar surface area (TPSA) is 88.0 Å². The molecule has 8 heteroatoms. The number of rotatable bonds is 1. The van der Waals surface area contributed by atoms with Gasteiger partial charge in [-0.25, -0.2) is 0 Å². The van der Waals surface area contributed by atoms with Gasteiger partial charge in [0.05, 0.1) is 17.1 Å². The molecule has 7 nitrogen and oxygen atoms in total. The van der Waals surface area contributed by atoms with Crippen molar-refractivity contribution in [3.63, 3.8) is 0 Å². The quantitative estimate of drug-likeness (QED) is 0.375. The van der Waals surface area contributed by atoms with Crippen molar-refractivity contribution in [1.82, 2.24) is 19.3 Å². The van der Waals surface area contributed by atoms with Crippen LogP contribution >= 0.6 is 11.6 Å². The molecule has 0 amide bonds. The number of nitrogens with zero attached hydrogens (tertiary/aromatic N) is 4. The maximum Gasteiger partial charge on any atom is 0.251 e. The van der Waals surface area contributed by atoms with E-state index in [-0.39, 0.29) is 5.56 Å². The largest absolute Gasteiger partial charge is 0.492 e. The summed E-state index contributed by atoms with van der Waals surface area (Å²) in [5.74, 6) is 1.12. The molecule has 0 saturated heterocycles. The minimum atomic E-state index is -1.17. The lowest BCUT2D eigenvalue weighted by molar-refractivity contribution is 0.321. The summed E-state index contributed by atoms with van der Waals surface area (Å²) in [6.07, 6.45) is 2.31. The molecule has 0 fully saturated rings. The molecular weight excluding hydrogens is 474 g/mol. The van der Waals surface area contributed by atoms with Crippen LogP contribution in [0.25, 0.3) is 22.0 Å². The molecule has 6 bridgehead atoms. The Morgan fingerprint density at radius 2 is 1.83 bits per heavy atom. The lowest BCUT2D eigenvalue weighted by Crippen LogP contribution is -2.41. The average Bonchev–Trinajstić information content (AvgIpc) is 3.32. The Balaban J connectivity index is 1.75. The van der Waals surface area contributed by atoms with Gasteiger partial charge in [-0.3, -0.25) is 4.79 Å². The summed E-state index contributed by atoms with van der Waals surface area (Å²) < 4.78 is 9.59. The van der Waals surface area contributed by atoms with Crippen LogP contribution in [-0.2, 0) is 26.1 Å². The Kier molecular flexibility index (Phi) is 5.21. The number of aryl methyl sites for hydroxylation is 2. The third-order valence-corrected chi connectivity index (χ3v) is 7.35. The zero-order valence-electron chi connectivity index (χ0n) is 19.9. The number of hydrogen-bond donors (Lipinski definition) is 1. The molecule has 180 valence electrons. The van der Waals surface area contributed by atoms with E-state index in [1.807, 2.05) is 54.1 Å². The van der Waals surface area contributed by atoms with Gasteiger partial charge in [-0.05, 0) is 52.1 Å². The van der Waals surface area contributed by atoms with Gasteiger partial charge in [0.1, 0.15) is 17.6 Å². The van der Waals surface area contributed by atoms with Gasteiger partial charge in [0.2, 0.25) is 0 Å². The summed E-state index contributed by atoms with van der Waals surface area (Å²) in [4.78, 5) is 12.9. The third-order valence-electron chi connectivity index (χ3n) is 7.04. The third kappa shape index (κ3) is 3.43. The van der Waals surface area contributed by atoms with Gasteiger partial charge in [0.15, 0.2) is 5.82 Å². The molecule has 0 unspecified atom stereocenters. The first-order valence-corrected chi connectivity index (χ1v) is 12.0. The number of fused-ring (bicyclic) bond motifs is 6. The summed E-state index contributed by atoms with van der Waals surface area (Å²) in [6.45, 7) is 0.436. The molecule has 1 atom stereocenters. The fraction of sp³-hybridized carbons (Fsp3) is 0.179. The first-order chi connectivity index (χ1) is 17.4. The smallest absolute Gasteiger partial charge is 0.251 e. The number of aromatic nitrogens is 4. The number of halogens is 1. The van der Waals surface area contributed by atoms with Crippen LogP contribution in [0.2, 0.25) is 5.02 Å². The van der Waals surface area contributed by atoms with Crippen molar-refractivity contribution in [2.45, 2.75) is 12.0 Å². The fourth-order valence-electron chi connectivity index (χ4n) is 5.04. The molecule has 2 aromatic heterocycles. The summed E-state index contributed by atoms with van der Waals surface area (Å²) in [7, 11) is 3.65. The molecule has 0 spiro atoms. The van der Waals surface area contributed by atoms with Crippen molar-refractivity contribution in [3.05, 3.63) is 111 Å². The molecule has 2 N–H and O–H groups in total. The Labute approximate surface area is 212 Å². The molecule has 0 saturated carbocycles. The second kappa shape index (κ2) is 8.33. The maximum atomic E-state index is 12.9. The summed E-state index contributed by atoms with van der Waals surface area (Å²) >= 11 is 6.52. The van der Waals surface area contributed by atoms with Crippen molar-refractivity contribution < 1.29 is 4.74 Å². The number of ether oxygens (including phenoxy) is 1. The summed E-state index contributed by atoms with van der Waals surface area (Å²) in [6, 6.07) is 21.4. The van der Waals surface area contributed by atoms with Crippen LogP contribution in [-0.4, -0.2) is 25.9 Å². The highest BCUT2D eigenvalue weighted by molar-refractivity contribution is 6.32. The molecule has 0 aliphatic carbocycles. The molecule has 0 radical (unpaired) electrons.